The summed E-state index contributed by atoms with van der Waals surface area (Å²) in [6.45, 7) is 6.39. The zero-order valence-electron chi connectivity index (χ0n) is 20.7. The fourth-order valence-electron chi connectivity index (χ4n) is 5.16. The van der Waals surface area contributed by atoms with Gasteiger partial charge in [-0.15, -0.1) is 0 Å². The zero-order valence-corrected chi connectivity index (χ0v) is 20.7. The number of hydrogen-bond donors (Lipinski definition) is 3. The fraction of sp³-hybridized carbons (Fsp3) is 0.333. The lowest BCUT2D eigenvalue weighted by Crippen LogP contribution is -2.45. The van der Waals surface area contributed by atoms with Crippen LogP contribution in [0.1, 0.15) is 49.5 Å². The summed E-state index contributed by atoms with van der Waals surface area (Å²) < 4.78 is 12.5. The van der Waals surface area contributed by atoms with E-state index in [4.69, 9.17) is 9.47 Å². The van der Waals surface area contributed by atoms with Crippen molar-refractivity contribution >= 4 is 11.1 Å². The molecule has 0 radical (unpaired) electrons. The molecule has 0 spiro atoms. The molecule has 0 amide bonds. The number of piperidine rings is 1. The minimum atomic E-state index is -0.383. The molecule has 0 bridgehead atoms. The number of rotatable bonds is 6. The number of phenols is 2. The number of nitrogens with zero attached hydrogens (tertiary/aromatic N) is 1. The molecule has 1 fully saturated rings. The third-order valence-electron chi connectivity index (χ3n) is 7.16. The Balaban J connectivity index is 1.39. The standard InChI is InChI=1S/C30H33NO5/c1-19(31-14-4-7-25(34)17-31)18-35-26-11-8-21(9-12-26)30-29(22-5-3-6-23(32)15-22)20(2)27-16-24(33)10-13-28(27)36-30/h3,5-6,8-13,15-16,19,25,30,32-34H,4,7,14,17-18H2,1-2H3/t19-,25+,30?/m0/s1. The lowest BCUT2D eigenvalue weighted by atomic mass is 9.86. The third kappa shape index (κ3) is 5.06. The summed E-state index contributed by atoms with van der Waals surface area (Å²) in [5.74, 6) is 1.86. The number of hydrogen-bond acceptors (Lipinski definition) is 6. The van der Waals surface area contributed by atoms with Crippen molar-refractivity contribution in [3.63, 3.8) is 0 Å². The van der Waals surface area contributed by atoms with Crippen LogP contribution in [0.5, 0.6) is 23.0 Å². The summed E-state index contributed by atoms with van der Waals surface area (Å²) in [5.41, 5.74) is 4.59. The summed E-state index contributed by atoms with van der Waals surface area (Å²) in [7, 11) is 0. The summed E-state index contributed by atoms with van der Waals surface area (Å²) >= 11 is 0. The van der Waals surface area contributed by atoms with Gasteiger partial charge < -0.3 is 24.8 Å². The van der Waals surface area contributed by atoms with Crippen molar-refractivity contribution in [1.82, 2.24) is 4.90 Å². The van der Waals surface area contributed by atoms with Crippen LogP contribution in [-0.4, -0.2) is 52.1 Å². The minimum absolute atomic E-state index is 0.181. The lowest BCUT2D eigenvalue weighted by Gasteiger charge is -2.34. The largest absolute Gasteiger partial charge is 0.508 e. The quantitative estimate of drug-likeness (QED) is 0.433. The van der Waals surface area contributed by atoms with E-state index in [1.165, 1.54) is 0 Å². The molecule has 3 atom stereocenters. The van der Waals surface area contributed by atoms with Gasteiger partial charge in [-0.1, -0.05) is 24.3 Å². The Labute approximate surface area is 212 Å². The molecule has 5 rings (SSSR count). The van der Waals surface area contributed by atoms with Gasteiger partial charge in [-0.2, -0.15) is 0 Å². The number of benzene rings is 3. The maximum Gasteiger partial charge on any atom is 0.150 e. The third-order valence-corrected chi connectivity index (χ3v) is 7.16. The van der Waals surface area contributed by atoms with E-state index >= 15 is 0 Å². The van der Waals surface area contributed by atoms with E-state index in [1.807, 2.05) is 43.3 Å². The first-order valence-corrected chi connectivity index (χ1v) is 12.5. The molecule has 188 valence electrons. The number of ether oxygens (including phenoxy) is 2. The summed E-state index contributed by atoms with van der Waals surface area (Å²) in [5, 5.41) is 30.2. The van der Waals surface area contributed by atoms with Crippen LogP contribution in [0.15, 0.2) is 66.7 Å². The van der Waals surface area contributed by atoms with Gasteiger partial charge in [0.15, 0.2) is 0 Å². The van der Waals surface area contributed by atoms with Crippen molar-refractivity contribution in [2.24, 2.45) is 0 Å². The van der Waals surface area contributed by atoms with Gasteiger partial charge in [-0.05, 0) is 92.4 Å². The highest BCUT2D eigenvalue weighted by atomic mass is 16.5. The molecule has 0 aromatic heterocycles. The number of aromatic hydroxyl groups is 2. The van der Waals surface area contributed by atoms with Crippen LogP contribution in [0.3, 0.4) is 0 Å². The van der Waals surface area contributed by atoms with Gasteiger partial charge in [-0.25, -0.2) is 0 Å². The molecule has 3 aromatic carbocycles. The Hall–Kier alpha value is -3.48. The van der Waals surface area contributed by atoms with Crippen LogP contribution in [-0.2, 0) is 0 Å². The van der Waals surface area contributed by atoms with Gasteiger partial charge in [-0.3, -0.25) is 4.90 Å². The molecule has 3 aromatic rings. The number of likely N-dealkylation sites (tertiary alicyclic amines) is 1. The first-order chi connectivity index (χ1) is 17.4. The van der Waals surface area contributed by atoms with Crippen LogP contribution in [0.25, 0.3) is 11.1 Å². The highest BCUT2D eigenvalue weighted by Crippen LogP contribution is 2.47. The van der Waals surface area contributed by atoms with Gasteiger partial charge in [0, 0.05) is 23.7 Å². The average Bonchev–Trinajstić information content (AvgIpc) is 2.88. The smallest absolute Gasteiger partial charge is 0.150 e. The Morgan fingerprint density at radius 3 is 2.56 bits per heavy atom. The molecular weight excluding hydrogens is 454 g/mol. The van der Waals surface area contributed by atoms with Crippen molar-refractivity contribution in [3.8, 4) is 23.0 Å². The van der Waals surface area contributed by atoms with Crippen molar-refractivity contribution in [1.29, 1.82) is 0 Å². The predicted octanol–water partition coefficient (Wildman–Crippen LogP) is 5.39. The molecule has 2 heterocycles. The molecule has 1 saturated heterocycles. The fourth-order valence-corrected chi connectivity index (χ4v) is 5.16. The Bertz CT molecular complexity index is 1250. The molecule has 6 heteroatoms. The van der Waals surface area contributed by atoms with Crippen molar-refractivity contribution in [3.05, 3.63) is 83.4 Å². The van der Waals surface area contributed by atoms with Crippen molar-refractivity contribution < 1.29 is 24.8 Å². The van der Waals surface area contributed by atoms with Crippen LogP contribution in [0, 0.1) is 0 Å². The number of fused-ring (bicyclic) bond motifs is 1. The first-order valence-electron chi connectivity index (χ1n) is 12.5. The maximum atomic E-state index is 10.1. The number of phenolic OH excluding ortho intramolecular Hbond substituents is 2. The summed E-state index contributed by atoms with van der Waals surface area (Å²) in [6, 6.07) is 20.4. The normalized spacial score (nSPS) is 21.0. The SMILES string of the molecule is CC1=C(c2cccc(O)c2)C(c2ccc(OC[C@H](C)N3CCC[C@@H](O)C3)cc2)Oc2ccc(O)cc21. The second-order valence-corrected chi connectivity index (χ2v) is 9.79. The second-order valence-electron chi connectivity index (χ2n) is 9.79. The number of allylic oxidation sites excluding steroid dienone is 1. The van der Waals surface area contributed by atoms with Gasteiger partial charge in [0.05, 0.1) is 6.10 Å². The van der Waals surface area contributed by atoms with Crippen molar-refractivity contribution in [2.75, 3.05) is 19.7 Å². The summed E-state index contributed by atoms with van der Waals surface area (Å²) in [6.07, 6.45) is 1.26. The maximum absolute atomic E-state index is 10.1. The van der Waals surface area contributed by atoms with Gasteiger partial charge >= 0.3 is 0 Å². The van der Waals surface area contributed by atoms with E-state index < -0.39 is 0 Å². The molecule has 2 aliphatic heterocycles. The van der Waals surface area contributed by atoms with Crippen LogP contribution < -0.4 is 9.47 Å². The van der Waals surface area contributed by atoms with Crippen LogP contribution in [0.2, 0.25) is 0 Å². The Kier molecular flexibility index (Phi) is 6.90. The Morgan fingerprint density at radius 1 is 1.03 bits per heavy atom. The zero-order chi connectivity index (χ0) is 25.2. The lowest BCUT2D eigenvalue weighted by molar-refractivity contribution is 0.0377. The monoisotopic (exact) mass is 487 g/mol. The van der Waals surface area contributed by atoms with Crippen LogP contribution >= 0.6 is 0 Å². The van der Waals surface area contributed by atoms with Crippen LogP contribution in [0.4, 0.5) is 0 Å². The molecule has 0 saturated carbocycles. The number of aliphatic hydroxyl groups excluding tert-OH is 1. The highest BCUT2D eigenvalue weighted by Gasteiger charge is 2.30. The molecule has 6 nitrogen and oxygen atoms in total. The predicted molar refractivity (Wildman–Crippen MR) is 140 cm³/mol. The van der Waals surface area contributed by atoms with Gasteiger partial charge in [0.25, 0.3) is 0 Å². The van der Waals surface area contributed by atoms with E-state index in [-0.39, 0.29) is 29.7 Å². The van der Waals surface area contributed by atoms with Gasteiger partial charge in [0.1, 0.15) is 35.7 Å². The second kappa shape index (κ2) is 10.2. The topological polar surface area (TPSA) is 82.4 Å². The highest BCUT2D eigenvalue weighted by molar-refractivity contribution is 5.95. The minimum Gasteiger partial charge on any atom is -0.508 e. The number of aliphatic hydroxyl groups is 1. The van der Waals surface area contributed by atoms with E-state index in [0.717, 1.165) is 53.0 Å². The van der Waals surface area contributed by atoms with E-state index in [0.29, 0.717) is 18.9 Å². The van der Waals surface area contributed by atoms with Crippen molar-refractivity contribution in [2.45, 2.75) is 44.9 Å². The van der Waals surface area contributed by atoms with E-state index in [1.54, 1.807) is 30.3 Å². The van der Waals surface area contributed by atoms with E-state index in [2.05, 4.69) is 11.8 Å². The van der Waals surface area contributed by atoms with Gasteiger partial charge in [0.2, 0.25) is 0 Å². The molecule has 1 unspecified atom stereocenters. The molecule has 36 heavy (non-hydrogen) atoms. The first kappa shape index (κ1) is 24.2. The molecule has 0 aliphatic carbocycles. The molecule has 2 aliphatic rings. The average molecular weight is 488 g/mol. The van der Waals surface area contributed by atoms with E-state index in [9.17, 15) is 15.3 Å². The Morgan fingerprint density at radius 2 is 1.81 bits per heavy atom. The molecule has 3 N–H and O–H groups in total. The summed E-state index contributed by atoms with van der Waals surface area (Å²) in [4.78, 5) is 2.28. The number of β-amino-alcohol motifs (C(OH)–C–C–N with tert-alkyl or cyclic N) is 1. The molecular formula is C30H33NO5.